The first-order chi connectivity index (χ1) is 12.6. The lowest BCUT2D eigenvalue weighted by molar-refractivity contribution is -0.275. The van der Waals surface area contributed by atoms with Crippen molar-refractivity contribution in [1.82, 2.24) is 0 Å². The fourth-order valence-corrected chi connectivity index (χ4v) is 3.59. The molecular weight excluding hydrogens is 447 g/mol. The van der Waals surface area contributed by atoms with Gasteiger partial charge < -0.3 is 10.6 Å². The van der Waals surface area contributed by atoms with Crippen LogP contribution in [0.4, 0.5) is 13.2 Å². The number of nitrogens with zero attached hydrogens (tertiary/aromatic N) is 1. The van der Waals surface area contributed by atoms with E-state index in [0.717, 1.165) is 12.1 Å². The molecule has 0 amide bonds. The van der Waals surface area contributed by atoms with Crippen molar-refractivity contribution in [1.29, 1.82) is 0 Å². The summed E-state index contributed by atoms with van der Waals surface area (Å²) in [5.41, 5.74) is 3.66. The van der Waals surface area contributed by atoms with Crippen LogP contribution in [-0.4, -0.2) is 11.9 Å². The van der Waals surface area contributed by atoms with Gasteiger partial charge in [-0.1, -0.05) is 63.7 Å². The molecule has 3 rings (SSSR count). The Kier molecular flexibility index (Phi) is 5.58. The van der Waals surface area contributed by atoms with Gasteiger partial charge in [0, 0.05) is 29.1 Å². The Morgan fingerprint density at radius 3 is 2.19 bits per heavy atom. The molecule has 1 atom stereocenters. The third-order valence-electron chi connectivity index (χ3n) is 4.24. The quantitative estimate of drug-likeness (QED) is 0.546. The zero-order valence-electron chi connectivity index (χ0n) is 13.4. The number of hydrogen-bond acceptors (Lipinski definition) is 3. The highest BCUT2D eigenvalue weighted by atomic mass is 35.5. The molecule has 1 heterocycles. The smallest absolute Gasteiger partial charge is 0.374 e. The van der Waals surface area contributed by atoms with Crippen LogP contribution in [0.5, 0.6) is 0 Å². The van der Waals surface area contributed by atoms with E-state index in [9.17, 15) is 13.2 Å². The van der Waals surface area contributed by atoms with Crippen molar-refractivity contribution in [3.63, 3.8) is 0 Å². The molecule has 2 N–H and O–H groups in total. The Bertz CT molecular complexity index is 910. The van der Waals surface area contributed by atoms with E-state index in [0.29, 0.717) is 16.1 Å². The van der Waals surface area contributed by atoms with E-state index in [1.807, 2.05) is 0 Å². The molecule has 0 saturated heterocycles. The van der Waals surface area contributed by atoms with E-state index in [-0.39, 0.29) is 32.9 Å². The Labute approximate surface area is 172 Å². The third kappa shape index (κ3) is 3.61. The van der Waals surface area contributed by atoms with Crippen LogP contribution in [0.3, 0.4) is 0 Å². The lowest BCUT2D eigenvalue weighted by Gasteiger charge is -2.30. The summed E-state index contributed by atoms with van der Waals surface area (Å²) in [5.74, 6) is 0. The normalized spacial score (nSPS) is 19.8. The van der Waals surface area contributed by atoms with Crippen LogP contribution in [0.1, 0.15) is 23.1 Å². The van der Waals surface area contributed by atoms with Gasteiger partial charge in [0.2, 0.25) is 0 Å². The van der Waals surface area contributed by atoms with E-state index >= 15 is 0 Å². The molecule has 2 aromatic carbocycles. The molecular formula is C17H11Cl4F3N2O. The molecule has 1 aliphatic rings. The first-order valence-corrected chi connectivity index (χ1v) is 9.06. The number of alkyl halides is 3. The maximum Gasteiger partial charge on any atom is 0.435 e. The lowest BCUT2D eigenvalue weighted by Crippen LogP contribution is -2.42. The second-order valence-corrected chi connectivity index (χ2v) is 7.49. The molecule has 27 heavy (non-hydrogen) atoms. The molecule has 1 unspecified atom stereocenters. The fourth-order valence-electron chi connectivity index (χ4n) is 2.74. The number of hydrogen-bond donors (Lipinski definition) is 1. The zero-order valence-corrected chi connectivity index (χ0v) is 16.4. The first kappa shape index (κ1) is 20.6. The van der Waals surface area contributed by atoms with E-state index in [1.165, 1.54) is 6.07 Å². The lowest BCUT2D eigenvalue weighted by atomic mass is 9.86. The molecule has 1 aliphatic heterocycles. The Hall–Kier alpha value is -1.18. The number of oxime groups is 1. The Balaban J connectivity index is 2.04. The average molecular weight is 458 g/mol. The van der Waals surface area contributed by atoms with Crippen molar-refractivity contribution in [2.45, 2.75) is 24.7 Å². The van der Waals surface area contributed by atoms with Crippen molar-refractivity contribution >= 4 is 52.1 Å². The number of benzene rings is 2. The SMILES string of the molecule is NCc1ccc(C2=NOC(c3cc(Cl)c(Cl)c(Cl)c3)(C(F)(F)F)C2)cc1Cl. The van der Waals surface area contributed by atoms with Crippen LogP contribution in [0.25, 0.3) is 0 Å². The Morgan fingerprint density at radius 1 is 1.04 bits per heavy atom. The largest absolute Gasteiger partial charge is 0.435 e. The highest BCUT2D eigenvalue weighted by Gasteiger charge is 2.62. The van der Waals surface area contributed by atoms with Gasteiger partial charge in [-0.15, -0.1) is 0 Å². The molecule has 0 aliphatic carbocycles. The molecule has 2 aromatic rings. The summed E-state index contributed by atoms with van der Waals surface area (Å²) in [4.78, 5) is 4.94. The minimum absolute atomic E-state index is 0.0392. The van der Waals surface area contributed by atoms with Crippen LogP contribution < -0.4 is 5.73 Å². The highest BCUT2D eigenvalue weighted by molar-refractivity contribution is 6.48. The monoisotopic (exact) mass is 456 g/mol. The maximum atomic E-state index is 14.0. The summed E-state index contributed by atoms with van der Waals surface area (Å²) in [6.07, 6.45) is -5.37. The van der Waals surface area contributed by atoms with Crippen LogP contribution in [0.15, 0.2) is 35.5 Å². The Morgan fingerprint density at radius 2 is 1.67 bits per heavy atom. The minimum Gasteiger partial charge on any atom is -0.374 e. The summed E-state index contributed by atoms with van der Waals surface area (Å²) in [6.45, 7) is 0.205. The molecule has 144 valence electrons. The molecule has 3 nitrogen and oxygen atoms in total. The van der Waals surface area contributed by atoms with Crippen LogP contribution >= 0.6 is 46.4 Å². The highest BCUT2D eigenvalue weighted by Crippen LogP contribution is 2.50. The van der Waals surface area contributed by atoms with Crippen molar-refractivity contribution in [2.24, 2.45) is 10.9 Å². The van der Waals surface area contributed by atoms with Gasteiger partial charge in [-0.05, 0) is 23.8 Å². The number of nitrogens with two attached hydrogens (primary N) is 1. The van der Waals surface area contributed by atoms with Gasteiger partial charge in [0.05, 0.1) is 20.8 Å². The first-order valence-electron chi connectivity index (χ1n) is 7.54. The summed E-state index contributed by atoms with van der Waals surface area (Å²) < 4.78 is 42.0. The number of halogens is 7. The zero-order chi connectivity index (χ0) is 20.0. The minimum atomic E-state index is -4.79. The fraction of sp³-hybridized carbons (Fsp3) is 0.235. The molecule has 0 aromatic heterocycles. The van der Waals surface area contributed by atoms with E-state index in [4.69, 9.17) is 57.0 Å². The van der Waals surface area contributed by atoms with Crippen molar-refractivity contribution in [3.8, 4) is 0 Å². The molecule has 10 heteroatoms. The summed E-state index contributed by atoms with van der Waals surface area (Å²) in [6, 6.07) is 6.87. The van der Waals surface area contributed by atoms with Gasteiger partial charge >= 0.3 is 6.18 Å². The van der Waals surface area contributed by atoms with Crippen LogP contribution in [-0.2, 0) is 17.0 Å². The van der Waals surface area contributed by atoms with Crippen LogP contribution in [0.2, 0.25) is 20.1 Å². The summed E-state index contributed by atoms with van der Waals surface area (Å²) >= 11 is 23.8. The third-order valence-corrected chi connectivity index (χ3v) is 5.79. The van der Waals surface area contributed by atoms with Gasteiger partial charge in [0.25, 0.3) is 5.60 Å². The van der Waals surface area contributed by atoms with Crippen molar-refractivity contribution < 1.29 is 18.0 Å². The number of rotatable bonds is 3. The predicted octanol–water partition coefficient (Wildman–Crippen LogP) is 6.34. The van der Waals surface area contributed by atoms with Gasteiger partial charge in [0.1, 0.15) is 0 Å². The maximum absolute atomic E-state index is 14.0. The van der Waals surface area contributed by atoms with Crippen molar-refractivity contribution in [2.75, 3.05) is 0 Å². The van der Waals surface area contributed by atoms with Gasteiger partial charge in [-0.3, -0.25) is 0 Å². The van der Waals surface area contributed by atoms with Crippen molar-refractivity contribution in [3.05, 3.63) is 67.1 Å². The molecule has 0 bridgehead atoms. The van der Waals surface area contributed by atoms with E-state index < -0.39 is 18.2 Å². The molecule has 0 spiro atoms. The predicted molar refractivity (Wildman–Crippen MR) is 101 cm³/mol. The van der Waals surface area contributed by atoms with Gasteiger partial charge in [-0.2, -0.15) is 13.2 Å². The molecule has 0 radical (unpaired) electrons. The average Bonchev–Trinajstić information content (AvgIpc) is 3.06. The molecule has 0 saturated carbocycles. The van der Waals surface area contributed by atoms with E-state index in [2.05, 4.69) is 5.16 Å². The second kappa shape index (κ2) is 7.33. The van der Waals surface area contributed by atoms with Crippen LogP contribution in [0, 0.1) is 0 Å². The van der Waals surface area contributed by atoms with Gasteiger partial charge in [-0.25, -0.2) is 0 Å². The molecule has 0 fully saturated rings. The standard InChI is InChI=1S/C17H11Cl4F3N2O/c18-11-3-8(1-2-9(11)7-25)14-6-16(27-26-14,17(22,23)24)10-4-12(19)15(21)13(20)5-10/h1-5H,6-7,25H2. The van der Waals surface area contributed by atoms with Gasteiger partial charge in [0.15, 0.2) is 0 Å². The topological polar surface area (TPSA) is 47.6 Å². The summed E-state index contributed by atoms with van der Waals surface area (Å²) in [5, 5.41) is 3.73. The second-order valence-electron chi connectivity index (χ2n) is 5.90. The summed E-state index contributed by atoms with van der Waals surface area (Å²) in [7, 11) is 0. The van der Waals surface area contributed by atoms with E-state index in [1.54, 1.807) is 12.1 Å².